The number of anilines is 1. The molecule has 0 saturated heterocycles. The second kappa shape index (κ2) is 9.55. The number of ether oxygens (including phenoxy) is 1. The summed E-state index contributed by atoms with van der Waals surface area (Å²) >= 11 is 0. The molecular weight excluding hydrogens is 248 g/mol. The van der Waals surface area contributed by atoms with E-state index in [0.717, 1.165) is 11.8 Å². The second-order valence-electron chi connectivity index (χ2n) is 3.21. The molecule has 0 saturated carbocycles. The molecule has 1 amide bonds. The van der Waals surface area contributed by atoms with Crippen molar-refractivity contribution in [1.29, 1.82) is 0 Å². The highest BCUT2D eigenvalue weighted by molar-refractivity contribution is 5.98. The van der Waals surface area contributed by atoms with Gasteiger partial charge in [-0.25, -0.2) is 0 Å². The number of hydrogen-bond acceptors (Lipinski definition) is 4. The first-order valence-electron chi connectivity index (χ1n) is 5.32. The van der Waals surface area contributed by atoms with Gasteiger partial charge in [0.1, 0.15) is 0 Å². The summed E-state index contributed by atoms with van der Waals surface area (Å²) < 4.78 is 4.34. The van der Waals surface area contributed by atoms with E-state index in [0.29, 0.717) is 0 Å². The number of carbonyl (C=O) groups is 1. The van der Waals surface area contributed by atoms with Crippen molar-refractivity contribution in [3.8, 4) is 0 Å². The van der Waals surface area contributed by atoms with Gasteiger partial charge < -0.3 is 10.1 Å². The molecule has 0 fully saturated rings. The number of carbonyl (C=O) groups excluding carboxylic acids is 1. The summed E-state index contributed by atoms with van der Waals surface area (Å²) in [6.45, 7) is 6.53. The minimum absolute atomic E-state index is 0.184. The quantitative estimate of drug-likeness (QED) is 0.291. The Morgan fingerprint density at radius 1 is 1.42 bits per heavy atom. The van der Waals surface area contributed by atoms with Crippen LogP contribution in [-0.2, 0) is 9.53 Å². The fourth-order valence-electron chi connectivity index (χ4n) is 0.983. The van der Waals surface area contributed by atoms with Gasteiger partial charge in [-0.15, -0.1) is 0 Å². The number of hydrogen-bond donors (Lipinski definition) is 1. The summed E-state index contributed by atoms with van der Waals surface area (Å²) in [5.41, 5.74) is 0.789. The van der Waals surface area contributed by atoms with Crippen molar-refractivity contribution in [2.24, 2.45) is 0 Å². The van der Waals surface area contributed by atoms with E-state index in [2.05, 4.69) is 23.2 Å². The first kappa shape index (κ1) is 16.5. The van der Waals surface area contributed by atoms with Gasteiger partial charge in [0.2, 0.25) is 5.91 Å². The van der Waals surface area contributed by atoms with Gasteiger partial charge in [0.05, 0.1) is 4.92 Å². The summed E-state index contributed by atoms with van der Waals surface area (Å²) in [6.07, 6.45) is 1.31. The Balaban J connectivity index is 0.000000362. The Bertz CT molecular complexity index is 432. The molecule has 1 aromatic carbocycles. The van der Waals surface area contributed by atoms with Gasteiger partial charge in [0.15, 0.2) is 0 Å². The van der Waals surface area contributed by atoms with Crippen LogP contribution >= 0.6 is 0 Å². The second-order valence-corrected chi connectivity index (χ2v) is 3.21. The highest BCUT2D eigenvalue weighted by atomic mass is 16.7. The van der Waals surface area contributed by atoms with E-state index in [1.165, 1.54) is 13.2 Å². The van der Waals surface area contributed by atoms with Crippen LogP contribution in [0.25, 0.3) is 0 Å². The molecule has 1 atom stereocenters. The predicted molar refractivity (Wildman–Crippen MR) is 73.3 cm³/mol. The molecule has 102 valence electrons. The number of methoxy groups -OCH3 is 1. The van der Waals surface area contributed by atoms with E-state index in [-0.39, 0.29) is 5.91 Å². The largest absolute Gasteiger partial charge is 0.334 e. The molecule has 19 heavy (non-hydrogen) atoms. The summed E-state index contributed by atoms with van der Waals surface area (Å²) in [6, 6.07) is 9.25. The fourth-order valence-corrected chi connectivity index (χ4v) is 0.983. The zero-order valence-corrected chi connectivity index (χ0v) is 10.6. The number of nitrogens with one attached hydrogen (secondary N) is 1. The van der Waals surface area contributed by atoms with Gasteiger partial charge in [-0.3, -0.25) is 14.9 Å². The standard InChI is InChI=1S/C9H9NO.C4H7NO3/c1-2-9(11)10-8-6-4-3-5-7-8;1-3-4(8-2)5(6)7/h2-7H,1H2,(H,10,11);3-4H,1H2,2H3. The average molecular weight is 264 g/mol. The fraction of sp³-hybridized carbons (Fsp3) is 0.154. The molecule has 0 heterocycles. The Kier molecular flexibility index (Phi) is 8.31. The van der Waals surface area contributed by atoms with Crippen LogP contribution in [0.2, 0.25) is 0 Å². The number of rotatable bonds is 5. The zero-order valence-electron chi connectivity index (χ0n) is 10.6. The van der Waals surface area contributed by atoms with Crippen LogP contribution < -0.4 is 5.32 Å². The summed E-state index contributed by atoms with van der Waals surface area (Å²) in [5.74, 6) is -0.184. The molecule has 0 aliphatic heterocycles. The van der Waals surface area contributed by atoms with E-state index in [9.17, 15) is 14.9 Å². The molecule has 0 bridgehead atoms. The monoisotopic (exact) mass is 264 g/mol. The molecule has 0 aliphatic carbocycles. The third kappa shape index (κ3) is 7.45. The van der Waals surface area contributed by atoms with Crippen molar-refractivity contribution >= 4 is 11.6 Å². The number of nitro groups is 1. The molecule has 0 radical (unpaired) electrons. The lowest BCUT2D eigenvalue weighted by Crippen LogP contribution is -2.17. The summed E-state index contributed by atoms with van der Waals surface area (Å²) in [7, 11) is 1.26. The van der Waals surface area contributed by atoms with Crippen LogP contribution in [0.5, 0.6) is 0 Å². The normalized spacial score (nSPS) is 10.4. The summed E-state index contributed by atoms with van der Waals surface area (Å²) in [4.78, 5) is 20.0. The molecular formula is C13H16N2O4. The Morgan fingerprint density at radius 2 is 2.00 bits per heavy atom. The molecule has 6 heteroatoms. The van der Waals surface area contributed by atoms with Crippen molar-refractivity contribution in [3.63, 3.8) is 0 Å². The van der Waals surface area contributed by atoms with E-state index in [1.54, 1.807) is 0 Å². The highest BCUT2D eigenvalue weighted by Crippen LogP contribution is 2.03. The third-order valence-electron chi connectivity index (χ3n) is 1.88. The van der Waals surface area contributed by atoms with Crippen LogP contribution in [0.4, 0.5) is 5.69 Å². The van der Waals surface area contributed by atoms with Crippen molar-refractivity contribution in [2.45, 2.75) is 6.23 Å². The SMILES string of the molecule is C=CC(=O)Nc1ccccc1.C=CC(OC)[N+](=O)[O-]. The third-order valence-corrected chi connectivity index (χ3v) is 1.88. The Morgan fingerprint density at radius 3 is 2.32 bits per heavy atom. The van der Waals surface area contributed by atoms with E-state index in [1.807, 2.05) is 30.3 Å². The lowest BCUT2D eigenvalue weighted by Gasteiger charge is -1.98. The smallest absolute Gasteiger partial charge is 0.323 e. The first-order valence-corrected chi connectivity index (χ1v) is 5.32. The van der Waals surface area contributed by atoms with Gasteiger partial charge in [0, 0.05) is 18.9 Å². The lowest BCUT2D eigenvalue weighted by atomic mass is 10.3. The highest BCUT2D eigenvalue weighted by Gasteiger charge is 2.10. The molecule has 6 nitrogen and oxygen atoms in total. The number of benzene rings is 1. The first-order chi connectivity index (χ1) is 9.04. The number of amides is 1. The van der Waals surface area contributed by atoms with Crippen LogP contribution in [0.3, 0.4) is 0 Å². The maximum atomic E-state index is 10.8. The molecule has 0 spiro atoms. The van der Waals surface area contributed by atoms with Gasteiger partial charge >= 0.3 is 6.23 Å². The minimum atomic E-state index is -1.06. The van der Waals surface area contributed by atoms with E-state index >= 15 is 0 Å². The lowest BCUT2D eigenvalue weighted by molar-refractivity contribution is -0.558. The average Bonchev–Trinajstić information content (AvgIpc) is 2.41. The van der Waals surface area contributed by atoms with Gasteiger partial charge in [-0.05, 0) is 18.2 Å². The van der Waals surface area contributed by atoms with Gasteiger partial charge in [0.25, 0.3) is 0 Å². The summed E-state index contributed by atoms with van der Waals surface area (Å²) in [5, 5.41) is 12.4. The number of nitrogens with zero attached hydrogens (tertiary/aromatic N) is 1. The van der Waals surface area contributed by atoms with Crippen LogP contribution in [-0.4, -0.2) is 24.2 Å². The van der Waals surface area contributed by atoms with Crippen molar-refractivity contribution in [3.05, 3.63) is 65.8 Å². The van der Waals surface area contributed by atoms with Crippen molar-refractivity contribution in [1.82, 2.24) is 0 Å². The minimum Gasteiger partial charge on any atom is -0.323 e. The topological polar surface area (TPSA) is 81.5 Å². The van der Waals surface area contributed by atoms with Crippen molar-refractivity contribution in [2.75, 3.05) is 12.4 Å². The molecule has 0 aliphatic rings. The van der Waals surface area contributed by atoms with Crippen molar-refractivity contribution < 1.29 is 14.5 Å². The molecule has 1 N–H and O–H groups in total. The van der Waals surface area contributed by atoms with Crippen LogP contribution in [0.1, 0.15) is 0 Å². The van der Waals surface area contributed by atoms with Crippen LogP contribution in [0, 0.1) is 10.1 Å². The molecule has 1 aromatic rings. The van der Waals surface area contributed by atoms with Gasteiger partial charge in [-0.2, -0.15) is 0 Å². The molecule has 0 aromatic heterocycles. The van der Waals surface area contributed by atoms with Gasteiger partial charge in [-0.1, -0.05) is 31.4 Å². The Labute approximate surface area is 111 Å². The maximum Gasteiger partial charge on any atom is 0.334 e. The van der Waals surface area contributed by atoms with E-state index in [4.69, 9.17) is 0 Å². The van der Waals surface area contributed by atoms with E-state index < -0.39 is 11.2 Å². The Hall–Kier alpha value is -2.47. The molecule has 1 unspecified atom stereocenters. The zero-order chi connectivity index (χ0) is 14.7. The maximum absolute atomic E-state index is 10.8. The number of para-hydroxylation sites is 1. The molecule has 1 rings (SSSR count). The predicted octanol–water partition coefficient (Wildman–Crippen LogP) is 2.23. The van der Waals surface area contributed by atoms with Crippen LogP contribution in [0.15, 0.2) is 55.6 Å².